The minimum absolute atomic E-state index is 0.0504. The van der Waals surface area contributed by atoms with Gasteiger partial charge in [0.15, 0.2) is 5.11 Å². The third kappa shape index (κ3) is 8.03. The lowest BCUT2D eigenvalue weighted by molar-refractivity contribution is 0.0930. The van der Waals surface area contributed by atoms with Crippen LogP contribution in [0.3, 0.4) is 0 Å². The average molecular weight is 456 g/mol. The molecule has 0 saturated heterocycles. The van der Waals surface area contributed by atoms with Gasteiger partial charge in [-0.15, -0.1) is 0 Å². The van der Waals surface area contributed by atoms with Crippen molar-refractivity contribution in [2.75, 3.05) is 13.2 Å². The highest BCUT2D eigenvalue weighted by Crippen LogP contribution is 2.19. The van der Waals surface area contributed by atoms with Gasteiger partial charge in [-0.25, -0.2) is 0 Å². The number of carbonyl (C=O) groups is 2. The van der Waals surface area contributed by atoms with Crippen LogP contribution in [0.1, 0.15) is 53.3 Å². The van der Waals surface area contributed by atoms with Gasteiger partial charge in [0, 0.05) is 0 Å². The second-order valence-electron chi connectivity index (χ2n) is 6.86. The molecule has 0 unspecified atom stereocenters. The van der Waals surface area contributed by atoms with Crippen LogP contribution in [0, 0.1) is 0 Å². The van der Waals surface area contributed by atoms with Gasteiger partial charge in [-0.2, -0.15) is 0 Å². The van der Waals surface area contributed by atoms with E-state index in [1.54, 1.807) is 54.6 Å². The fraction of sp³-hybridized carbons (Fsp3) is 0.292. The summed E-state index contributed by atoms with van der Waals surface area (Å²) < 4.78 is 11.3. The van der Waals surface area contributed by atoms with E-state index in [0.717, 1.165) is 25.7 Å². The summed E-state index contributed by atoms with van der Waals surface area (Å²) in [6.07, 6.45) is 5.90. The van der Waals surface area contributed by atoms with Crippen LogP contribution >= 0.6 is 12.2 Å². The number of para-hydroxylation sites is 2. The Kier molecular flexibility index (Phi) is 10.7. The smallest absolute Gasteiger partial charge is 0.273 e. The molecule has 2 amide bonds. The molecule has 0 bridgehead atoms. The topological polar surface area (TPSA) is 88.7 Å². The van der Waals surface area contributed by atoms with Gasteiger partial charge in [0.2, 0.25) is 0 Å². The van der Waals surface area contributed by atoms with Crippen molar-refractivity contribution in [2.45, 2.75) is 32.6 Å². The molecule has 8 heteroatoms. The van der Waals surface area contributed by atoms with Crippen LogP contribution in [0.4, 0.5) is 0 Å². The highest BCUT2D eigenvalue weighted by Gasteiger charge is 2.15. The SMILES string of the molecule is C=CCOc1ccccc1C(=O)NNC(=S)NC(=O)c1ccccc1OCCCCCC. The molecule has 0 radical (unpaired) electrons. The third-order valence-electron chi connectivity index (χ3n) is 4.39. The van der Waals surface area contributed by atoms with Crippen molar-refractivity contribution in [3.05, 3.63) is 72.3 Å². The number of unbranched alkanes of at least 4 members (excludes halogenated alkanes) is 3. The standard InChI is InChI=1S/C24H29N3O4S/c1-3-5-6-11-17-31-20-14-9-7-12-18(20)22(28)25-24(32)27-26-23(29)19-13-8-10-15-21(19)30-16-4-2/h4,7-10,12-15H,2-3,5-6,11,16-17H2,1H3,(H,26,29)(H2,25,27,28,32). The predicted molar refractivity (Wildman–Crippen MR) is 129 cm³/mol. The summed E-state index contributed by atoms with van der Waals surface area (Å²) >= 11 is 5.14. The van der Waals surface area contributed by atoms with E-state index >= 15 is 0 Å². The molecule has 7 nitrogen and oxygen atoms in total. The van der Waals surface area contributed by atoms with Gasteiger partial charge < -0.3 is 9.47 Å². The van der Waals surface area contributed by atoms with E-state index in [1.807, 2.05) is 0 Å². The van der Waals surface area contributed by atoms with E-state index < -0.39 is 11.8 Å². The van der Waals surface area contributed by atoms with Gasteiger partial charge in [-0.05, 0) is 42.9 Å². The number of benzene rings is 2. The molecule has 0 fully saturated rings. The molecular weight excluding hydrogens is 426 g/mol. The Labute approximate surface area is 194 Å². The molecule has 3 N–H and O–H groups in total. The molecule has 0 aliphatic carbocycles. The lowest BCUT2D eigenvalue weighted by Crippen LogP contribution is -2.48. The molecular formula is C24H29N3O4S. The number of ether oxygens (including phenoxy) is 2. The van der Waals surface area contributed by atoms with Crippen molar-refractivity contribution in [3.63, 3.8) is 0 Å². The second-order valence-corrected chi connectivity index (χ2v) is 7.27. The second kappa shape index (κ2) is 13.8. The predicted octanol–water partition coefficient (Wildman–Crippen LogP) is 4.16. The Bertz CT molecular complexity index is 933. The van der Waals surface area contributed by atoms with Gasteiger partial charge in [0.1, 0.15) is 18.1 Å². The van der Waals surface area contributed by atoms with Crippen molar-refractivity contribution >= 4 is 29.1 Å². The Hall–Kier alpha value is -3.39. The zero-order chi connectivity index (χ0) is 23.2. The number of hydrazine groups is 1. The average Bonchev–Trinajstić information content (AvgIpc) is 2.81. The summed E-state index contributed by atoms with van der Waals surface area (Å²) in [6, 6.07) is 13.7. The fourth-order valence-corrected chi connectivity index (χ4v) is 2.95. The van der Waals surface area contributed by atoms with Crippen LogP contribution < -0.4 is 25.6 Å². The molecule has 170 valence electrons. The number of carbonyl (C=O) groups excluding carboxylic acids is 2. The maximum absolute atomic E-state index is 12.6. The fourth-order valence-electron chi connectivity index (χ4n) is 2.80. The van der Waals surface area contributed by atoms with Gasteiger partial charge in [0.05, 0.1) is 17.7 Å². The number of hydrogen-bond acceptors (Lipinski definition) is 5. The first-order valence-corrected chi connectivity index (χ1v) is 10.9. The maximum Gasteiger partial charge on any atom is 0.273 e. The minimum atomic E-state index is -0.461. The first-order chi connectivity index (χ1) is 15.6. The van der Waals surface area contributed by atoms with Crippen LogP contribution in [0.2, 0.25) is 0 Å². The molecule has 0 saturated carbocycles. The number of rotatable bonds is 11. The van der Waals surface area contributed by atoms with Gasteiger partial charge in [0.25, 0.3) is 11.8 Å². The van der Waals surface area contributed by atoms with Gasteiger partial charge in [-0.1, -0.05) is 63.1 Å². The molecule has 0 heterocycles. The van der Waals surface area contributed by atoms with Gasteiger partial charge >= 0.3 is 0 Å². The molecule has 0 aromatic heterocycles. The highest BCUT2D eigenvalue weighted by molar-refractivity contribution is 7.80. The van der Waals surface area contributed by atoms with Crippen molar-refractivity contribution in [1.29, 1.82) is 0 Å². The van der Waals surface area contributed by atoms with E-state index in [4.69, 9.17) is 21.7 Å². The zero-order valence-electron chi connectivity index (χ0n) is 18.2. The van der Waals surface area contributed by atoms with E-state index in [-0.39, 0.29) is 11.7 Å². The summed E-state index contributed by atoms with van der Waals surface area (Å²) in [4.78, 5) is 25.1. The van der Waals surface area contributed by atoms with Crippen LogP contribution in [0.25, 0.3) is 0 Å². The lowest BCUT2D eigenvalue weighted by Gasteiger charge is -2.14. The number of thiocarbonyl (C=S) groups is 1. The van der Waals surface area contributed by atoms with Gasteiger partial charge in [-0.3, -0.25) is 25.8 Å². The molecule has 2 aromatic rings. The first kappa shape index (κ1) is 24.9. The number of nitrogens with one attached hydrogen (secondary N) is 3. The first-order valence-electron chi connectivity index (χ1n) is 10.5. The molecule has 0 aliphatic rings. The van der Waals surface area contributed by atoms with Crippen molar-refractivity contribution < 1.29 is 19.1 Å². The lowest BCUT2D eigenvalue weighted by atomic mass is 10.2. The monoisotopic (exact) mass is 455 g/mol. The van der Waals surface area contributed by atoms with Crippen LogP contribution in [-0.2, 0) is 0 Å². The van der Waals surface area contributed by atoms with Crippen molar-refractivity contribution in [2.24, 2.45) is 0 Å². The normalized spacial score (nSPS) is 10.0. The zero-order valence-corrected chi connectivity index (χ0v) is 19.0. The largest absolute Gasteiger partial charge is 0.493 e. The minimum Gasteiger partial charge on any atom is -0.493 e. The molecule has 2 rings (SSSR count). The summed E-state index contributed by atoms with van der Waals surface area (Å²) in [5.74, 6) is 0.000920. The summed E-state index contributed by atoms with van der Waals surface area (Å²) in [7, 11) is 0. The van der Waals surface area contributed by atoms with E-state index in [9.17, 15) is 9.59 Å². The summed E-state index contributed by atoms with van der Waals surface area (Å²) in [5.41, 5.74) is 5.67. The molecule has 2 aromatic carbocycles. The van der Waals surface area contributed by atoms with E-state index in [1.165, 1.54) is 0 Å². The number of hydrogen-bond donors (Lipinski definition) is 3. The summed E-state index contributed by atoms with van der Waals surface area (Å²) in [5, 5.41) is 2.49. The molecule has 32 heavy (non-hydrogen) atoms. The van der Waals surface area contributed by atoms with Crippen LogP contribution in [0.5, 0.6) is 11.5 Å². The summed E-state index contributed by atoms with van der Waals surface area (Å²) in [6.45, 7) is 6.55. The molecule has 0 spiro atoms. The van der Waals surface area contributed by atoms with E-state index in [2.05, 4.69) is 29.7 Å². The Morgan fingerprint density at radius 2 is 1.53 bits per heavy atom. The van der Waals surface area contributed by atoms with Crippen LogP contribution in [0.15, 0.2) is 61.2 Å². The Balaban J connectivity index is 1.89. The third-order valence-corrected chi connectivity index (χ3v) is 4.60. The Morgan fingerprint density at radius 1 is 0.906 bits per heavy atom. The van der Waals surface area contributed by atoms with Crippen LogP contribution in [-0.4, -0.2) is 30.1 Å². The number of amides is 2. The molecule has 0 atom stereocenters. The maximum atomic E-state index is 12.6. The van der Waals surface area contributed by atoms with E-state index in [0.29, 0.717) is 29.2 Å². The quantitative estimate of drug-likeness (QED) is 0.204. The Morgan fingerprint density at radius 3 is 2.19 bits per heavy atom. The highest BCUT2D eigenvalue weighted by atomic mass is 32.1. The molecule has 0 aliphatic heterocycles. The van der Waals surface area contributed by atoms with Crippen molar-refractivity contribution in [1.82, 2.24) is 16.2 Å². The van der Waals surface area contributed by atoms with Crippen molar-refractivity contribution in [3.8, 4) is 11.5 Å².